The number of aliphatic hydroxyl groups is 1. The largest absolute Gasteiger partial charge is 0.480 e. The summed E-state index contributed by atoms with van der Waals surface area (Å²) in [6.45, 7) is 10.2. The molecule has 77 heavy (non-hydrogen) atoms. The molecule has 4 rings (SSSR count). The van der Waals surface area contributed by atoms with Crippen LogP contribution in [0.1, 0.15) is 117 Å². The van der Waals surface area contributed by atoms with Crippen molar-refractivity contribution in [2.75, 3.05) is 32.8 Å². The van der Waals surface area contributed by atoms with Gasteiger partial charge in [-0.2, -0.15) is 0 Å². The van der Waals surface area contributed by atoms with Crippen molar-refractivity contribution in [3.8, 4) is 11.1 Å². The van der Waals surface area contributed by atoms with Crippen LogP contribution in [0.5, 0.6) is 0 Å². The van der Waals surface area contributed by atoms with Crippen LogP contribution in [0.4, 0.5) is 8.78 Å². The highest BCUT2D eigenvalue weighted by molar-refractivity contribution is 6.12. The highest BCUT2D eigenvalue weighted by Crippen LogP contribution is 2.41. The minimum absolute atomic E-state index is 0.00591. The van der Waals surface area contributed by atoms with Gasteiger partial charge in [-0.15, -0.1) is 0 Å². The molecular formula is C55H75F2N9O11. The Hall–Kier alpha value is -7.33. The van der Waals surface area contributed by atoms with E-state index in [1.54, 1.807) is 26.1 Å². The maximum absolute atomic E-state index is 15.1. The molecule has 8 amide bonds. The number of halogens is 2. The number of benzene rings is 2. The van der Waals surface area contributed by atoms with Gasteiger partial charge in [-0.1, -0.05) is 71.4 Å². The highest BCUT2D eigenvalue weighted by atomic mass is 19.1. The van der Waals surface area contributed by atoms with Gasteiger partial charge in [0, 0.05) is 80.7 Å². The minimum atomic E-state index is -1.31. The summed E-state index contributed by atoms with van der Waals surface area (Å²) in [5.74, 6) is -7.11. The number of hydrogen-bond donors (Lipinski definition) is 8. The number of hydrogen-bond acceptors (Lipinski definition) is 11. The van der Waals surface area contributed by atoms with Crippen LogP contribution in [0.2, 0.25) is 0 Å². The van der Waals surface area contributed by atoms with Gasteiger partial charge in [0.15, 0.2) is 0 Å². The molecule has 2 heterocycles. The number of rotatable bonds is 31. The van der Waals surface area contributed by atoms with Crippen molar-refractivity contribution >= 4 is 53.2 Å². The molecule has 0 fully saturated rings. The van der Waals surface area contributed by atoms with Gasteiger partial charge in [0.2, 0.25) is 35.4 Å². The van der Waals surface area contributed by atoms with Gasteiger partial charge in [-0.05, 0) is 86.6 Å². The SMILES string of the molecule is CC(NC(=O)C(NC(=O)CCCCCN1C(=O)C=CC1=O)C(C)C)C(=O)NC(CCCCNC(=O)CCNC(=O)C(N)CCN(C(=O)CO)C(c1cc(-c2cc(F)ccc2F)cn1Cc1ccccc1)C(C)(C)C)C(=O)O. The topological polar surface area (TPSA) is 292 Å². The smallest absolute Gasteiger partial charge is 0.326 e. The first-order chi connectivity index (χ1) is 36.4. The summed E-state index contributed by atoms with van der Waals surface area (Å²) < 4.78 is 31.4. The Bertz CT molecular complexity index is 2570. The third-order valence-corrected chi connectivity index (χ3v) is 13.0. The summed E-state index contributed by atoms with van der Waals surface area (Å²) in [4.78, 5) is 116. The van der Waals surface area contributed by atoms with Crippen molar-refractivity contribution < 1.29 is 62.1 Å². The number of imide groups is 1. The Morgan fingerprint density at radius 1 is 0.753 bits per heavy atom. The molecule has 420 valence electrons. The summed E-state index contributed by atoms with van der Waals surface area (Å²) in [6, 6.07) is 8.96. The second kappa shape index (κ2) is 29.8. The maximum atomic E-state index is 15.1. The zero-order valence-corrected chi connectivity index (χ0v) is 44.7. The minimum Gasteiger partial charge on any atom is -0.480 e. The van der Waals surface area contributed by atoms with E-state index in [4.69, 9.17) is 5.73 Å². The molecule has 2 aromatic carbocycles. The van der Waals surface area contributed by atoms with Gasteiger partial charge < -0.3 is 52.0 Å². The first kappa shape index (κ1) is 62.2. The number of nitrogens with one attached hydrogen (secondary N) is 5. The molecule has 0 aliphatic carbocycles. The Morgan fingerprint density at radius 3 is 2.08 bits per heavy atom. The number of carbonyl (C=O) groups is 9. The summed E-state index contributed by atoms with van der Waals surface area (Å²) in [5.41, 5.74) is 7.48. The van der Waals surface area contributed by atoms with Crippen molar-refractivity contribution in [2.24, 2.45) is 17.1 Å². The van der Waals surface area contributed by atoms with Gasteiger partial charge in [-0.25, -0.2) is 13.6 Å². The van der Waals surface area contributed by atoms with Crippen LogP contribution in [0.3, 0.4) is 0 Å². The zero-order valence-electron chi connectivity index (χ0n) is 44.7. The van der Waals surface area contributed by atoms with E-state index in [9.17, 15) is 57.8 Å². The van der Waals surface area contributed by atoms with Gasteiger partial charge in [0.1, 0.15) is 36.4 Å². The molecule has 0 bridgehead atoms. The van der Waals surface area contributed by atoms with Crippen molar-refractivity contribution in [1.82, 2.24) is 41.0 Å². The molecule has 0 saturated heterocycles. The van der Waals surface area contributed by atoms with Crippen LogP contribution in [0.25, 0.3) is 11.1 Å². The standard InChI is InChI=1S/C55H75F2N9O11/c1-34(2)49(63-45(69)18-11-8-14-27-65-46(70)21-22-47(65)71)53(75)61-35(3)51(73)62-42(54(76)77)17-12-13-25-59-44(68)23-26-60-52(74)41(58)24-28-66(48(72)33-67)50(55(4,5)6)43-29-37(39-30-38(56)19-20-40(39)57)32-64(43)31-36-15-9-7-10-16-36/h7,9-10,15-16,19-22,29-30,32,34-35,41-42,49-50,67H,8,11-14,17-18,23-28,31,33,58H2,1-6H3,(H,59,68)(H,60,74)(H,61,75)(H,62,73)(H,63,69)(H,76,77). The van der Waals surface area contributed by atoms with E-state index in [0.717, 1.165) is 28.7 Å². The van der Waals surface area contributed by atoms with Crippen molar-refractivity contribution in [3.05, 3.63) is 95.8 Å². The number of carboxylic acids is 1. The van der Waals surface area contributed by atoms with E-state index in [1.807, 2.05) is 55.7 Å². The van der Waals surface area contributed by atoms with E-state index < -0.39 is 95.3 Å². The second-order valence-electron chi connectivity index (χ2n) is 20.6. The van der Waals surface area contributed by atoms with Crippen molar-refractivity contribution in [1.29, 1.82) is 0 Å². The van der Waals surface area contributed by atoms with Gasteiger partial charge in [-0.3, -0.25) is 43.3 Å². The fraction of sp³-hybridized carbons (Fsp3) is 0.509. The number of amides is 8. The quantitative estimate of drug-likeness (QED) is 0.0339. The Morgan fingerprint density at radius 2 is 1.44 bits per heavy atom. The number of aliphatic carboxylic acids is 1. The molecule has 0 spiro atoms. The number of unbranched alkanes of at least 4 members (excludes halogenated alkanes) is 3. The highest BCUT2D eigenvalue weighted by Gasteiger charge is 2.38. The summed E-state index contributed by atoms with van der Waals surface area (Å²) in [5, 5.41) is 33.0. The van der Waals surface area contributed by atoms with Crippen LogP contribution in [-0.4, -0.2) is 135 Å². The average Bonchev–Trinajstić information content (AvgIpc) is 3.93. The first-order valence-electron chi connectivity index (χ1n) is 26.0. The van der Waals surface area contributed by atoms with Crippen molar-refractivity contribution in [2.45, 2.75) is 136 Å². The molecule has 22 heteroatoms. The fourth-order valence-electron chi connectivity index (χ4n) is 8.82. The Labute approximate surface area is 447 Å². The van der Waals surface area contributed by atoms with Gasteiger partial charge in [0.05, 0.1) is 12.1 Å². The molecule has 0 radical (unpaired) electrons. The predicted octanol–water partition coefficient (Wildman–Crippen LogP) is 3.60. The van der Waals surface area contributed by atoms with Crippen LogP contribution in [0, 0.1) is 23.0 Å². The summed E-state index contributed by atoms with van der Waals surface area (Å²) >= 11 is 0. The first-order valence-corrected chi connectivity index (χ1v) is 26.0. The molecule has 20 nitrogen and oxygen atoms in total. The van der Waals surface area contributed by atoms with E-state index in [1.165, 1.54) is 24.0 Å². The lowest BCUT2D eigenvalue weighted by Gasteiger charge is -2.41. The molecule has 5 unspecified atom stereocenters. The van der Waals surface area contributed by atoms with Crippen LogP contribution in [0.15, 0.2) is 72.9 Å². The molecule has 1 aliphatic rings. The van der Waals surface area contributed by atoms with Crippen molar-refractivity contribution in [3.63, 3.8) is 0 Å². The third kappa shape index (κ3) is 19.3. The third-order valence-electron chi connectivity index (χ3n) is 13.0. The molecule has 5 atom stereocenters. The van der Waals surface area contributed by atoms with E-state index >= 15 is 4.39 Å². The Balaban J connectivity index is 1.21. The van der Waals surface area contributed by atoms with Gasteiger partial charge in [0.25, 0.3) is 11.8 Å². The number of carbonyl (C=O) groups excluding carboxylic acids is 8. The number of carboxylic acid groups (broad SMARTS) is 1. The molecule has 3 aromatic rings. The fourth-order valence-corrected chi connectivity index (χ4v) is 8.82. The van der Waals surface area contributed by atoms with E-state index in [2.05, 4.69) is 26.6 Å². The molecule has 9 N–H and O–H groups in total. The van der Waals surface area contributed by atoms with Gasteiger partial charge >= 0.3 is 5.97 Å². The van der Waals surface area contributed by atoms with Crippen LogP contribution < -0.4 is 32.3 Å². The van der Waals surface area contributed by atoms with Crippen LogP contribution >= 0.6 is 0 Å². The Kier molecular flexibility index (Phi) is 24.1. The number of aromatic nitrogens is 1. The molecular weight excluding hydrogens is 1000 g/mol. The number of aliphatic hydroxyl groups excluding tert-OH is 1. The predicted molar refractivity (Wildman–Crippen MR) is 282 cm³/mol. The normalized spacial score (nSPS) is 14.4. The van der Waals surface area contributed by atoms with E-state index in [0.29, 0.717) is 43.5 Å². The molecule has 0 saturated carbocycles. The van der Waals surface area contributed by atoms with Crippen LogP contribution in [-0.2, 0) is 49.7 Å². The lowest BCUT2D eigenvalue weighted by molar-refractivity contribution is -0.142. The summed E-state index contributed by atoms with van der Waals surface area (Å²) in [7, 11) is 0. The monoisotopic (exact) mass is 1080 g/mol. The number of nitrogens with two attached hydrogens (primary N) is 1. The lowest BCUT2D eigenvalue weighted by Crippen LogP contribution is -2.56. The summed E-state index contributed by atoms with van der Waals surface area (Å²) in [6.07, 6.45) is 6.20. The average molecular weight is 1080 g/mol. The second-order valence-corrected chi connectivity index (χ2v) is 20.6. The molecule has 1 aliphatic heterocycles. The maximum Gasteiger partial charge on any atom is 0.326 e. The molecule has 1 aromatic heterocycles. The lowest BCUT2D eigenvalue weighted by atomic mass is 9.82. The van der Waals surface area contributed by atoms with E-state index in [-0.39, 0.29) is 81.6 Å². The zero-order chi connectivity index (χ0) is 57.0. The number of nitrogens with zero attached hydrogens (tertiary/aromatic N) is 3.